The fourth-order valence-corrected chi connectivity index (χ4v) is 1.84. The van der Waals surface area contributed by atoms with Gasteiger partial charge in [0.15, 0.2) is 0 Å². The standard InChI is InChI=1S/C15H20N4/c1-12(16)13-6-7-15(18-11-13)19(2)10-8-14-5-3-4-9-17-14/h3-7,9,11-12H,8,10,16H2,1-2H3. The quantitative estimate of drug-likeness (QED) is 0.891. The number of rotatable bonds is 5. The number of aromatic nitrogens is 2. The van der Waals surface area contributed by atoms with Crippen LogP contribution in [0.2, 0.25) is 0 Å². The molecule has 4 heteroatoms. The van der Waals surface area contributed by atoms with Crippen molar-refractivity contribution < 1.29 is 0 Å². The summed E-state index contributed by atoms with van der Waals surface area (Å²) in [7, 11) is 2.04. The van der Waals surface area contributed by atoms with E-state index in [1.807, 2.05) is 56.7 Å². The van der Waals surface area contributed by atoms with Gasteiger partial charge in [0, 0.05) is 44.1 Å². The van der Waals surface area contributed by atoms with Gasteiger partial charge in [-0.2, -0.15) is 0 Å². The van der Waals surface area contributed by atoms with E-state index in [1.165, 1.54) is 0 Å². The summed E-state index contributed by atoms with van der Waals surface area (Å²) in [4.78, 5) is 10.9. The minimum Gasteiger partial charge on any atom is -0.359 e. The molecule has 0 bridgehead atoms. The van der Waals surface area contributed by atoms with Crippen LogP contribution in [-0.4, -0.2) is 23.6 Å². The van der Waals surface area contributed by atoms with Gasteiger partial charge in [-0.15, -0.1) is 0 Å². The molecule has 0 spiro atoms. The average Bonchev–Trinajstić information content (AvgIpc) is 2.46. The Bertz CT molecular complexity index is 493. The molecule has 2 aromatic rings. The largest absolute Gasteiger partial charge is 0.359 e. The number of hydrogen-bond acceptors (Lipinski definition) is 4. The zero-order chi connectivity index (χ0) is 13.7. The Morgan fingerprint density at radius 2 is 2.05 bits per heavy atom. The Kier molecular flexibility index (Phi) is 4.47. The summed E-state index contributed by atoms with van der Waals surface area (Å²) in [5, 5.41) is 0. The van der Waals surface area contributed by atoms with E-state index in [-0.39, 0.29) is 6.04 Å². The van der Waals surface area contributed by atoms with Crippen LogP contribution in [0.25, 0.3) is 0 Å². The van der Waals surface area contributed by atoms with Gasteiger partial charge in [-0.05, 0) is 30.7 Å². The molecule has 4 nitrogen and oxygen atoms in total. The molecule has 19 heavy (non-hydrogen) atoms. The van der Waals surface area contributed by atoms with Gasteiger partial charge in [0.05, 0.1) is 0 Å². The molecule has 2 N–H and O–H groups in total. The molecule has 0 aromatic carbocycles. The SMILES string of the molecule is CC(N)c1ccc(N(C)CCc2ccccn2)nc1. The number of nitrogens with two attached hydrogens (primary N) is 1. The Morgan fingerprint density at radius 3 is 2.63 bits per heavy atom. The number of pyridine rings is 2. The predicted octanol–water partition coefficient (Wildman–Crippen LogP) is 2.18. The second kappa shape index (κ2) is 6.29. The smallest absolute Gasteiger partial charge is 0.128 e. The lowest BCUT2D eigenvalue weighted by Gasteiger charge is -2.18. The third kappa shape index (κ3) is 3.76. The van der Waals surface area contributed by atoms with Crippen LogP contribution in [0.15, 0.2) is 42.7 Å². The van der Waals surface area contributed by atoms with E-state index in [0.29, 0.717) is 0 Å². The third-order valence-corrected chi connectivity index (χ3v) is 3.12. The molecule has 2 rings (SSSR count). The normalized spacial score (nSPS) is 12.2. The Labute approximate surface area is 114 Å². The third-order valence-electron chi connectivity index (χ3n) is 3.12. The van der Waals surface area contributed by atoms with E-state index in [9.17, 15) is 0 Å². The van der Waals surface area contributed by atoms with Crippen LogP contribution in [0.4, 0.5) is 5.82 Å². The highest BCUT2D eigenvalue weighted by molar-refractivity contribution is 5.38. The van der Waals surface area contributed by atoms with Crippen molar-refractivity contribution in [1.82, 2.24) is 9.97 Å². The summed E-state index contributed by atoms with van der Waals surface area (Å²) in [5.74, 6) is 0.959. The molecule has 0 radical (unpaired) electrons. The van der Waals surface area contributed by atoms with Crippen LogP contribution in [-0.2, 0) is 6.42 Å². The van der Waals surface area contributed by atoms with Gasteiger partial charge in [0.1, 0.15) is 5.82 Å². The van der Waals surface area contributed by atoms with Gasteiger partial charge in [-0.3, -0.25) is 4.98 Å². The molecule has 0 saturated carbocycles. The molecule has 1 unspecified atom stereocenters. The molecule has 1 atom stereocenters. The first kappa shape index (κ1) is 13.5. The van der Waals surface area contributed by atoms with Crippen molar-refractivity contribution in [1.29, 1.82) is 0 Å². The van der Waals surface area contributed by atoms with Crippen molar-refractivity contribution in [2.24, 2.45) is 5.73 Å². The van der Waals surface area contributed by atoms with Gasteiger partial charge >= 0.3 is 0 Å². The Morgan fingerprint density at radius 1 is 1.21 bits per heavy atom. The van der Waals surface area contributed by atoms with Crippen LogP contribution in [0.5, 0.6) is 0 Å². The van der Waals surface area contributed by atoms with E-state index in [4.69, 9.17) is 5.73 Å². The van der Waals surface area contributed by atoms with Crippen LogP contribution in [0, 0.1) is 0 Å². The monoisotopic (exact) mass is 256 g/mol. The van der Waals surface area contributed by atoms with Gasteiger partial charge in [-0.1, -0.05) is 12.1 Å². The molecular weight excluding hydrogens is 236 g/mol. The highest BCUT2D eigenvalue weighted by atomic mass is 15.2. The summed E-state index contributed by atoms with van der Waals surface area (Å²) >= 11 is 0. The maximum Gasteiger partial charge on any atom is 0.128 e. The van der Waals surface area contributed by atoms with Gasteiger partial charge in [0.25, 0.3) is 0 Å². The number of hydrogen-bond donors (Lipinski definition) is 1. The fourth-order valence-electron chi connectivity index (χ4n) is 1.84. The van der Waals surface area contributed by atoms with Crippen molar-refractivity contribution in [3.63, 3.8) is 0 Å². The molecule has 2 heterocycles. The first-order valence-electron chi connectivity index (χ1n) is 6.49. The maximum atomic E-state index is 5.81. The minimum absolute atomic E-state index is 0.0281. The highest BCUT2D eigenvalue weighted by Gasteiger charge is 2.05. The molecule has 0 aliphatic rings. The summed E-state index contributed by atoms with van der Waals surface area (Å²) in [5.41, 5.74) is 7.97. The lowest BCUT2D eigenvalue weighted by Crippen LogP contribution is -2.21. The van der Waals surface area contributed by atoms with Crippen molar-refractivity contribution in [3.8, 4) is 0 Å². The van der Waals surface area contributed by atoms with E-state index in [0.717, 1.165) is 30.0 Å². The zero-order valence-electron chi connectivity index (χ0n) is 11.5. The van der Waals surface area contributed by atoms with Gasteiger partial charge in [0.2, 0.25) is 0 Å². The number of likely N-dealkylation sites (N-methyl/N-ethyl adjacent to an activating group) is 1. The second-order valence-corrected chi connectivity index (χ2v) is 4.73. The summed E-state index contributed by atoms with van der Waals surface area (Å²) < 4.78 is 0. The summed E-state index contributed by atoms with van der Waals surface area (Å²) in [6.07, 6.45) is 4.58. The average molecular weight is 256 g/mol. The van der Waals surface area contributed by atoms with Gasteiger partial charge in [-0.25, -0.2) is 4.98 Å². The van der Waals surface area contributed by atoms with E-state index in [1.54, 1.807) is 0 Å². The number of nitrogens with zero attached hydrogens (tertiary/aromatic N) is 3. The van der Waals surface area contributed by atoms with Crippen LogP contribution < -0.4 is 10.6 Å². The lowest BCUT2D eigenvalue weighted by atomic mass is 10.1. The topological polar surface area (TPSA) is 55.0 Å². The maximum absolute atomic E-state index is 5.81. The fraction of sp³-hybridized carbons (Fsp3) is 0.333. The molecule has 0 aliphatic heterocycles. The highest BCUT2D eigenvalue weighted by Crippen LogP contribution is 2.13. The molecule has 2 aromatic heterocycles. The number of anilines is 1. The van der Waals surface area contributed by atoms with Crippen LogP contribution >= 0.6 is 0 Å². The predicted molar refractivity (Wildman–Crippen MR) is 78.1 cm³/mol. The lowest BCUT2D eigenvalue weighted by molar-refractivity contribution is 0.803. The van der Waals surface area contributed by atoms with Crippen LogP contribution in [0.1, 0.15) is 24.2 Å². The molecule has 0 aliphatic carbocycles. The first-order chi connectivity index (χ1) is 9.16. The minimum atomic E-state index is 0.0281. The van der Waals surface area contributed by atoms with Crippen molar-refractivity contribution in [3.05, 3.63) is 54.0 Å². The van der Waals surface area contributed by atoms with Crippen LogP contribution in [0.3, 0.4) is 0 Å². The first-order valence-corrected chi connectivity index (χ1v) is 6.49. The van der Waals surface area contributed by atoms with Crippen molar-refractivity contribution in [2.45, 2.75) is 19.4 Å². The molecular formula is C15H20N4. The van der Waals surface area contributed by atoms with E-state index < -0.39 is 0 Å². The Hall–Kier alpha value is -1.94. The second-order valence-electron chi connectivity index (χ2n) is 4.73. The van der Waals surface area contributed by atoms with Gasteiger partial charge < -0.3 is 10.6 Å². The molecule has 0 fully saturated rings. The summed E-state index contributed by atoms with van der Waals surface area (Å²) in [6.45, 7) is 2.85. The molecule has 0 saturated heterocycles. The molecule has 0 amide bonds. The van der Waals surface area contributed by atoms with E-state index >= 15 is 0 Å². The molecule has 100 valence electrons. The zero-order valence-corrected chi connectivity index (χ0v) is 11.5. The van der Waals surface area contributed by atoms with Crippen molar-refractivity contribution in [2.75, 3.05) is 18.5 Å². The summed E-state index contributed by atoms with van der Waals surface area (Å²) in [6, 6.07) is 10.1. The van der Waals surface area contributed by atoms with E-state index in [2.05, 4.69) is 14.9 Å². The van der Waals surface area contributed by atoms with Crippen molar-refractivity contribution >= 4 is 5.82 Å². The Balaban J connectivity index is 1.94.